The smallest absolute Gasteiger partial charge is 0.382 e. The molecule has 1 unspecified atom stereocenters. The predicted molar refractivity (Wildman–Crippen MR) is 62.1 cm³/mol. The second-order valence-corrected chi connectivity index (χ2v) is 4.59. The van der Waals surface area contributed by atoms with E-state index in [2.05, 4.69) is 0 Å². The van der Waals surface area contributed by atoms with E-state index < -0.39 is 17.3 Å². The number of methoxy groups -OCH3 is 1. The maximum atomic E-state index is 12.4. The number of hydrogen-bond donors (Lipinski definition) is 1. The summed E-state index contributed by atoms with van der Waals surface area (Å²) in [7, 11) is 1.44. The molecule has 1 atom stereocenters. The molecule has 0 fully saturated rings. The van der Waals surface area contributed by atoms with E-state index in [1.54, 1.807) is 13.8 Å². The van der Waals surface area contributed by atoms with Gasteiger partial charge in [0.2, 0.25) is 0 Å². The fourth-order valence-corrected chi connectivity index (χ4v) is 1.75. The van der Waals surface area contributed by atoms with E-state index in [4.69, 9.17) is 4.74 Å². The highest BCUT2D eigenvalue weighted by atomic mass is 19.4. The number of hydrogen-bond acceptors (Lipinski definition) is 2. The Hall–Kier alpha value is -1.07. The molecule has 2 nitrogen and oxygen atoms in total. The molecule has 5 heteroatoms. The lowest BCUT2D eigenvalue weighted by molar-refractivity contribution is -0.137. The van der Waals surface area contributed by atoms with E-state index in [1.807, 2.05) is 0 Å². The van der Waals surface area contributed by atoms with Gasteiger partial charge in [0, 0.05) is 7.11 Å². The van der Waals surface area contributed by atoms with Crippen LogP contribution < -0.4 is 0 Å². The summed E-state index contributed by atoms with van der Waals surface area (Å²) in [5.41, 5.74) is -1.58. The highest BCUT2D eigenvalue weighted by molar-refractivity contribution is 5.29. The summed E-state index contributed by atoms with van der Waals surface area (Å²) in [6, 6.07) is 4.53. The van der Waals surface area contributed by atoms with E-state index in [0.29, 0.717) is 5.56 Å². The zero-order valence-electron chi connectivity index (χ0n) is 10.6. The van der Waals surface area contributed by atoms with Gasteiger partial charge >= 0.3 is 6.18 Å². The standard InChI is InChI=1S/C13H17F3O2/c1-9(2)12(17,8-18-3)10-4-6-11(7-5-10)13(14,15)16/h4-7,9,17H,8H2,1-3H3. The first-order valence-electron chi connectivity index (χ1n) is 5.61. The molecule has 0 saturated heterocycles. The van der Waals surface area contributed by atoms with Crippen molar-refractivity contribution in [1.82, 2.24) is 0 Å². The minimum absolute atomic E-state index is 0.0377. The number of benzene rings is 1. The van der Waals surface area contributed by atoms with E-state index in [-0.39, 0.29) is 12.5 Å². The van der Waals surface area contributed by atoms with Crippen molar-refractivity contribution in [3.63, 3.8) is 0 Å². The van der Waals surface area contributed by atoms with Gasteiger partial charge in [-0.15, -0.1) is 0 Å². The van der Waals surface area contributed by atoms with Crippen LogP contribution in [0.15, 0.2) is 24.3 Å². The highest BCUT2D eigenvalue weighted by Gasteiger charge is 2.35. The average molecular weight is 262 g/mol. The summed E-state index contributed by atoms with van der Waals surface area (Å²) in [5, 5.41) is 10.4. The number of alkyl halides is 3. The van der Waals surface area contributed by atoms with Crippen LogP contribution in [0.25, 0.3) is 0 Å². The average Bonchev–Trinajstić information content (AvgIpc) is 2.28. The summed E-state index contributed by atoms with van der Waals surface area (Å²) in [6.07, 6.45) is -4.37. The molecule has 0 bridgehead atoms. The van der Waals surface area contributed by atoms with Gasteiger partial charge in [-0.25, -0.2) is 0 Å². The van der Waals surface area contributed by atoms with Crippen molar-refractivity contribution in [2.75, 3.05) is 13.7 Å². The van der Waals surface area contributed by atoms with Crippen molar-refractivity contribution in [2.24, 2.45) is 5.92 Å². The van der Waals surface area contributed by atoms with Gasteiger partial charge in [0.05, 0.1) is 12.2 Å². The van der Waals surface area contributed by atoms with Crippen molar-refractivity contribution < 1.29 is 23.0 Å². The van der Waals surface area contributed by atoms with Crippen LogP contribution in [0.4, 0.5) is 13.2 Å². The van der Waals surface area contributed by atoms with Gasteiger partial charge < -0.3 is 9.84 Å². The molecule has 0 aliphatic heterocycles. The molecule has 18 heavy (non-hydrogen) atoms. The molecule has 1 N–H and O–H groups in total. The van der Waals surface area contributed by atoms with Gasteiger partial charge in [-0.05, 0) is 23.6 Å². The molecule has 0 aliphatic carbocycles. The van der Waals surface area contributed by atoms with Crippen LogP contribution in [0.1, 0.15) is 25.0 Å². The number of rotatable bonds is 4. The lowest BCUT2D eigenvalue weighted by Crippen LogP contribution is -2.36. The third-order valence-corrected chi connectivity index (χ3v) is 3.03. The quantitative estimate of drug-likeness (QED) is 0.903. The van der Waals surface area contributed by atoms with Crippen LogP contribution in [0.2, 0.25) is 0 Å². The van der Waals surface area contributed by atoms with Crippen molar-refractivity contribution >= 4 is 0 Å². The largest absolute Gasteiger partial charge is 0.416 e. The number of halogens is 3. The molecule has 1 aromatic carbocycles. The topological polar surface area (TPSA) is 29.5 Å². The Morgan fingerprint density at radius 2 is 1.56 bits per heavy atom. The fourth-order valence-electron chi connectivity index (χ4n) is 1.75. The minimum atomic E-state index is -4.37. The Labute approximate surface area is 104 Å². The molecule has 1 rings (SSSR count). The monoisotopic (exact) mass is 262 g/mol. The Morgan fingerprint density at radius 1 is 1.11 bits per heavy atom. The second-order valence-electron chi connectivity index (χ2n) is 4.59. The molecular weight excluding hydrogens is 245 g/mol. The first-order valence-corrected chi connectivity index (χ1v) is 5.61. The SMILES string of the molecule is COCC(O)(c1ccc(C(F)(F)F)cc1)C(C)C. The van der Waals surface area contributed by atoms with Gasteiger partial charge in [-0.2, -0.15) is 13.2 Å². The zero-order valence-corrected chi connectivity index (χ0v) is 10.6. The van der Waals surface area contributed by atoms with Crippen LogP contribution in [0.3, 0.4) is 0 Å². The van der Waals surface area contributed by atoms with Crippen molar-refractivity contribution in [3.05, 3.63) is 35.4 Å². The molecule has 1 aromatic rings. The minimum Gasteiger partial charge on any atom is -0.382 e. The third-order valence-electron chi connectivity index (χ3n) is 3.03. The van der Waals surface area contributed by atoms with Crippen molar-refractivity contribution in [3.8, 4) is 0 Å². The van der Waals surface area contributed by atoms with E-state index in [0.717, 1.165) is 12.1 Å². The zero-order chi connectivity index (χ0) is 14.0. The third kappa shape index (κ3) is 3.03. The molecule has 0 saturated carbocycles. The van der Waals surface area contributed by atoms with Crippen molar-refractivity contribution in [1.29, 1.82) is 0 Å². The van der Waals surface area contributed by atoms with Gasteiger partial charge in [0.1, 0.15) is 5.60 Å². The fraction of sp³-hybridized carbons (Fsp3) is 0.538. The molecule has 0 spiro atoms. The number of ether oxygens (including phenoxy) is 1. The normalized spacial score (nSPS) is 15.8. The van der Waals surface area contributed by atoms with Crippen molar-refractivity contribution in [2.45, 2.75) is 25.6 Å². The molecular formula is C13H17F3O2. The molecule has 0 radical (unpaired) electrons. The Balaban J connectivity index is 3.09. The van der Waals surface area contributed by atoms with Gasteiger partial charge in [0.25, 0.3) is 0 Å². The summed E-state index contributed by atoms with van der Waals surface area (Å²) in [6.45, 7) is 3.61. The summed E-state index contributed by atoms with van der Waals surface area (Å²) in [5.74, 6) is -0.172. The Morgan fingerprint density at radius 3 is 1.89 bits per heavy atom. The van der Waals surface area contributed by atoms with Gasteiger partial charge in [-0.3, -0.25) is 0 Å². The maximum Gasteiger partial charge on any atom is 0.416 e. The summed E-state index contributed by atoms with van der Waals surface area (Å²) >= 11 is 0. The van der Waals surface area contributed by atoms with E-state index in [1.165, 1.54) is 19.2 Å². The van der Waals surface area contributed by atoms with Gasteiger partial charge in [0.15, 0.2) is 0 Å². The van der Waals surface area contributed by atoms with Crippen LogP contribution in [0.5, 0.6) is 0 Å². The lowest BCUT2D eigenvalue weighted by atomic mass is 9.84. The van der Waals surface area contributed by atoms with Crippen LogP contribution in [-0.4, -0.2) is 18.8 Å². The Bertz CT molecular complexity index is 384. The molecule has 0 amide bonds. The molecule has 0 aromatic heterocycles. The first-order chi connectivity index (χ1) is 8.21. The van der Waals surface area contributed by atoms with Crippen LogP contribution >= 0.6 is 0 Å². The first kappa shape index (κ1) is 15.0. The summed E-state index contributed by atoms with van der Waals surface area (Å²) < 4.78 is 42.3. The second kappa shape index (κ2) is 5.28. The van der Waals surface area contributed by atoms with Crippen LogP contribution in [-0.2, 0) is 16.5 Å². The van der Waals surface area contributed by atoms with E-state index in [9.17, 15) is 18.3 Å². The predicted octanol–water partition coefficient (Wildman–Crippen LogP) is 3.20. The van der Waals surface area contributed by atoms with E-state index >= 15 is 0 Å². The number of aliphatic hydroxyl groups is 1. The molecule has 0 aliphatic rings. The summed E-state index contributed by atoms with van der Waals surface area (Å²) in [4.78, 5) is 0. The maximum absolute atomic E-state index is 12.4. The molecule has 0 heterocycles. The highest BCUT2D eigenvalue weighted by Crippen LogP contribution is 2.33. The molecule has 102 valence electrons. The van der Waals surface area contributed by atoms with Gasteiger partial charge in [-0.1, -0.05) is 26.0 Å². The van der Waals surface area contributed by atoms with Crippen LogP contribution in [0, 0.1) is 5.92 Å². The lowest BCUT2D eigenvalue weighted by Gasteiger charge is -2.32. The Kier molecular flexibility index (Phi) is 4.40.